The predicted molar refractivity (Wildman–Crippen MR) is 131 cm³/mol. The summed E-state index contributed by atoms with van der Waals surface area (Å²) in [5.74, 6) is -0.0171. The van der Waals surface area contributed by atoms with E-state index in [1.54, 1.807) is 11.8 Å². The molecule has 1 saturated carbocycles. The number of aromatic nitrogens is 1. The van der Waals surface area contributed by atoms with Gasteiger partial charge in [0.2, 0.25) is 0 Å². The van der Waals surface area contributed by atoms with Crippen LogP contribution in [0.2, 0.25) is 5.02 Å². The van der Waals surface area contributed by atoms with Gasteiger partial charge in [0, 0.05) is 30.9 Å². The lowest BCUT2D eigenvalue weighted by Gasteiger charge is -2.43. The highest BCUT2D eigenvalue weighted by Gasteiger charge is 2.40. The van der Waals surface area contributed by atoms with Gasteiger partial charge in [0.25, 0.3) is 0 Å². The molecule has 1 amide bonds. The first-order valence-corrected chi connectivity index (χ1v) is 12.8. The monoisotopic (exact) mass is 481 g/mol. The smallest absolute Gasteiger partial charge is 0.410 e. The molecule has 2 atom stereocenters. The van der Waals surface area contributed by atoms with E-state index in [-0.39, 0.29) is 24.0 Å². The van der Waals surface area contributed by atoms with Gasteiger partial charge >= 0.3 is 6.09 Å². The third kappa shape index (κ3) is 4.71. The number of carbonyl (C=O) groups excluding carboxylic acids is 2. The zero-order valence-corrected chi connectivity index (χ0v) is 20.5. The van der Waals surface area contributed by atoms with Gasteiger partial charge in [0.1, 0.15) is 12.1 Å². The Morgan fingerprint density at radius 1 is 1.06 bits per heavy atom. The first-order chi connectivity index (χ1) is 16.5. The molecule has 5 rings (SSSR count). The van der Waals surface area contributed by atoms with Crippen molar-refractivity contribution >= 4 is 23.5 Å². The molecule has 0 spiro atoms. The maximum atomic E-state index is 13.1. The lowest BCUT2D eigenvalue weighted by Crippen LogP contribution is -2.59. The Labute approximate surface area is 206 Å². The van der Waals surface area contributed by atoms with Crippen molar-refractivity contribution < 1.29 is 14.3 Å². The number of rotatable bonds is 3. The number of hydrogen-bond acceptors (Lipinski definition) is 5. The third-order valence-electron chi connectivity index (χ3n) is 7.55. The molecule has 0 N–H and O–H groups in total. The van der Waals surface area contributed by atoms with Gasteiger partial charge in [-0.1, -0.05) is 30.2 Å². The maximum absolute atomic E-state index is 13.1. The number of piperazine rings is 1. The van der Waals surface area contributed by atoms with Crippen LogP contribution in [-0.2, 0) is 22.4 Å². The number of ketones is 1. The fourth-order valence-electron chi connectivity index (χ4n) is 5.75. The number of nitrogens with zero attached hydrogens (tertiary/aromatic N) is 3. The average molecular weight is 482 g/mol. The summed E-state index contributed by atoms with van der Waals surface area (Å²) in [5.41, 5.74) is 4.65. The van der Waals surface area contributed by atoms with E-state index < -0.39 is 6.04 Å². The number of fused-ring (bicyclic) bond motifs is 2. The van der Waals surface area contributed by atoms with Crippen LogP contribution in [0, 0.1) is 0 Å². The highest BCUT2D eigenvalue weighted by molar-refractivity contribution is 6.30. The van der Waals surface area contributed by atoms with Crippen LogP contribution < -0.4 is 0 Å². The van der Waals surface area contributed by atoms with E-state index in [4.69, 9.17) is 21.3 Å². The van der Waals surface area contributed by atoms with Gasteiger partial charge in [-0.3, -0.25) is 19.6 Å². The number of Topliss-reactive ketones (excluding diaryl/α,β-unsaturated/α-hetero) is 1. The van der Waals surface area contributed by atoms with E-state index in [2.05, 4.69) is 23.1 Å². The molecule has 1 aromatic carbocycles. The number of carbonyl (C=O) groups is 2. The number of amides is 1. The number of ether oxygens (including phenoxy) is 1. The Hall–Kier alpha value is -2.44. The molecule has 34 heavy (non-hydrogen) atoms. The number of aryl methyl sites for hydroxylation is 2. The van der Waals surface area contributed by atoms with E-state index in [0.29, 0.717) is 19.6 Å². The molecule has 2 fully saturated rings. The SMILES string of the molecule is CC(=O)[C@H]1CN([C@@H]2c3ccc(Cl)cc3CCc3cccnc32)CCN1C(=O)OC1CCCCC1. The van der Waals surface area contributed by atoms with E-state index in [0.717, 1.165) is 49.2 Å². The zero-order valence-electron chi connectivity index (χ0n) is 19.7. The first kappa shape index (κ1) is 23.3. The second-order valence-corrected chi connectivity index (χ2v) is 10.2. The van der Waals surface area contributed by atoms with E-state index >= 15 is 0 Å². The van der Waals surface area contributed by atoms with Crippen molar-refractivity contribution in [3.05, 3.63) is 63.9 Å². The fraction of sp³-hybridized carbons (Fsp3) is 0.519. The van der Waals surface area contributed by atoms with Gasteiger partial charge < -0.3 is 4.74 Å². The van der Waals surface area contributed by atoms with Crippen molar-refractivity contribution in [1.29, 1.82) is 0 Å². The minimum absolute atomic E-state index is 0.0171. The van der Waals surface area contributed by atoms with Gasteiger partial charge in [0.05, 0.1) is 11.7 Å². The lowest BCUT2D eigenvalue weighted by molar-refractivity contribution is -0.124. The number of hydrogen-bond donors (Lipinski definition) is 0. The molecule has 1 aliphatic heterocycles. The summed E-state index contributed by atoms with van der Waals surface area (Å²) in [7, 11) is 0. The Kier molecular flexibility index (Phi) is 6.89. The van der Waals surface area contributed by atoms with E-state index in [9.17, 15) is 9.59 Å². The number of benzene rings is 1. The molecule has 2 aliphatic carbocycles. The first-order valence-electron chi connectivity index (χ1n) is 12.4. The summed E-state index contributed by atoms with van der Waals surface area (Å²) in [6.07, 6.45) is 8.49. The summed E-state index contributed by atoms with van der Waals surface area (Å²) in [4.78, 5) is 34.5. The highest BCUT2D eigenvalue weighted by atomic mass is 35.5. The normalized spacial score (nSPS) is 23.5. The van der Waals surface area contributed by atoms with Crippen molar-refractivity contribution in [1.82, 2.24) is 14.8 Å². The summed E-state index contributed by atoms with van der Waals surface area (Å²) >= 11 is 6.34. The zero-order chi connectivity index (χ0) is 23.7. The Balaban J connectivity index is 1.42. The molecule has 0 bridgehead atoms. The molecule has 1 aromatic heterocycles. The molecule has 0 radical (unpaired) electrons. The minimum atomic E-state index is -0.531. The average Bonchev–Trinajstić information content (AvgIpc) is 3.01. The van der Waals surface area contributed by atoms with Crippen LogP contribution in [0.4, 0.5) is 4.79 Å². The van der Waals surface area contributed by atoms with Gasteiger partial charge in [-0.25, -0.2) is 4.79 Å². The molecular weight excluding hydrogens is 450 g/mol. The van der Waals surface area contributed by atoms with Crippen molar-refractivity contribution in [2.24, 2.45) is 0 Å². The Morgan fingerprint density at radius 3 is 2.65 bits per heavy atom. The minimum Gasteiger partial charge on any atom is -0.446 e. The summed E-state index contributed by atoms with van der Waals surface area (Å²) in [6, 6.07) is 9.59. The van der Waals surface area contributed by atoms with Gasteiger partial charge in [0.15, 0.2) is 5.78 Å². The summed E-state index contributed by atoms with van der Waals surface area (Å²) in [5, 5.41) is 0.730. The van der Waals surface area contributed by atoms with Crippen LogP contribution in [0.1, 0.15) is 67.5 Å². The predicted octanol–water partition coefficient (Wildman–Crippen LogP) is 4.97. The van der Waals surface area contributed by atoms with E-state index in [1.807, 2.05) is 18.3 Å². The van der Waals surface area contributed by atoms with Crippen LogP contribution in [0.5, 0.6) is 0 Å². The van der Waals surface area contributed by atoms with Crippen LogP contribution >= 0.6 is 11.6 Å². The summed E-state index contributed by atoms with van der Waals surface area (Å²) in [6.45, 7) is 3.13. The van der Waals surface area contributed by atoms with Gasteiger partial charge in [-0.05, 0) is 80.3 Å². The molecule has 180 valence electrons. The van der Waals surface area contributed by atoms with Gasteiger partial charge in [-0.15, -0.1) is 0 Å². The standard InChI is InChI=1S/C27H32ClN3O3/c1-18(32)24-17-30(14-15-31(24)27(33)34-22-7-3-2-4-8-22)26-23-12-11-21(28)16-20(23)10-9-19-6-5-13-29-25(19)26/h5-6,11-13,16,22,24,26H,2-4,7-10,14-15,17H2,1H3/t24-,26-/m1/s1. The van der Waals surface area contributed by atoms with Gasteiger partial charge in [-0.2, -0.15) is 0 Å². The fourth-order valence-corrected chi connectivity index (χ4v) is 5.95. The second kappa shape index (κ2) is 10.0. The topological polar surface area (TPSA) is 62.7 Å². The molecule has 3 aliphatic rings. The maximum Gasteiger partial charge on any atom is 0.410 e. The largest absolute Gasteiger partial charge is 0.446 e. The lowest BCUT2D eigenvalue weighted by atomic mass is 9.95. The van der Waals surface area contributed by atoms with Crippen molar-refractivity contribution in [3.8, 4) is 0 Å². The molecule has 2 heterocycles. The van der Waals surface area contributed by atoms with Crippen molar-refractivity contribution in [2.45, 2.75) is 70.1 Å². The Bertz CT molecular complexity index is 1070. The molecular formula is C27H32ClN3O3. The Morgan fingerprint density at radius 2 is 1.85 bits per heavy atom. The summed E-state index contributed by atoms with van der Waals surface area (Å²) < 4.78 is 5.83. The molecule has 7 heteroatoms. The molecule has 2 aromatic rings. The van der Waals surface area contributed by atoms with Crippen LogP contribution in [-0.4, -0.2) is 58.4 Å². The van der Waals surface area contributed by atoms with Crippen molar-refractivity contribution in [3.63, 3.8) is 0 Å². The highest BCUT2D eigenvalue weighted by Crippen LogP contribution is 2.38. The van der Waals surface area contributed by atoms with Crippen LogP contribution in [0.3, 0.4) is 0 Å². The molecule has 0 unspecified atom stereocenters. The quantitative estimate of drug-likeness (QED) is 0.619. The van der Waals surface area contributed by atoms with E-state index in [1.165, 1.54) is 23.1 Å². The van der Waals surface area contributed by atoms with Crippen LogP contribution in [0.25, 0.3) is 0 Å². The molecule has 6 nitrogen and oxygen atoms in total. The second-order valence-electron chi connectivity index (χ2n) is 9.75. The van der Waals surface area contributed by atoms with Crippen LogP contribution in [0.15, 0.2) is 36.5 Å². The van der Waals surface area contributed by atoms with Crippen molar-refractivity contribution in [2.75, 3.05) is 19.6 Å². The molecule has 1 saturated heterocycles. The number of halogens is 1. The number of pyridine rings is 1. The third-order valence-corrected chi connectivity index (χ3v) is 7.78.